The van der Waals surface area contributed by atoms with E-state index in [4.69, 9.17) is 5.11 Å². The first-order valence-electron chi connectivity index (χ1n) is 7.06. The first kappa shape index (κ1) is 15.3. The highest BCUT2D eigenvalue weighted by Crippen LogP contribution is 2.16. The number of aromatic carboxylic acids is 1. The summed E-state index contributed by atoms with van der Waals surface area (Å²) in [6.45, 7) is 3.40. The predicted molar refractivity (Wildman–Crippen MR) is 80.8 cm³/mol. The van der Waals surface area contributed by atoms with Gasteiger partial charge in [-0.1, -0.05) is 0 Å². The third-order valence-electron chi connectivity index (χ3n) is 3.88. The van der Waals surface area contributed by atoms with Crippen molar-refractivity contribution in [1.29, 1.82) is 0 Å². The van der Waals surface area contributed by atoms with E-state index < -0.39 is 5.97 Å². The van der Waals surface area contributed by atoms with Gasteiger partial charge in [0.2, 0.25) is 0 Å². The Kier molecular flexibility index (Phi) is 4.80. The van der Waals surface area contributed by atoms with Gasteiger partial charge in [-0.05, 0) is 57.1 Å². The van der Waals surface area contributed by atoms with Crippen LogP contribution >= 0.6 is 0 Å². The molecule has 0 radical (unpaired) electrons. The number of hydrogen-bond donors (Lipinski definition) is 3. The Hall–Kier alpha value is -2.08. The normalized spacial score (nSPS) is 18.5. The number of nitrogens with one attached hydrogen (secondary N) is 2. The SMILES string of the molecule is Cc1cc(NC(=O)NCC2CCCN2C)ccc1C(=O)O. The fraction of sp³-hybridized carbons (Fsp3) is 0.467. The maximum absolute atomic E-state index is 11.8. The van der Waals surface area contributed by atoms with Gasteiger partial charge in [0.15, 0.2) is 0 Å². The van der Waals surface area contributed by atoms with Crippen molar-refractivity contribution in [1.82, 2.24) is 10.2 Å². The molecule has 1 unspecified atom stereocenters. The van der Waals surface area contributed by atoms with Crippen molar-refractivity contribution in [3.8, 4) is 0 Å². The van der Waals surface area contributed by atoms with Crippen molar-refractivity contribution < 1.29 is 14.7 Å². The highest BCUT2D eigenvalue weighted by Gasteiger charge is 2.21. The van der Waals surface area contributed by atoms with Crippen molar-refractivity contribution in [3.63, 3.8) is 0 Å². The molecule has 0 aromatic heterocycles. The van der Waals surface area contributed by atoms with E-state index in [-0.39, 0.29) is 11.6 Å². The second-order valence-corrected chi connectivity index (χ2v) is 5.45. The number of hydrogen-bond acceptors (Lipinski definition) is 3. The van der Waals surface area contributed by atoms with Crippen LogP contribution in [0.2, 0.25) is 0 Å². The molecule has 0 spiro atoms. The van der Waals surface area contributed by atoms with Gasteiger partial charge in [0.1, 0.15) is 0 Å². The summed E-state index contributed by atoms with van der Waals surface area (Å²) >= 11 is 0. The molecule has 0 saturated carbocycles. The third kappa shape index (κ3) is 3.95. The number of likely N-dealkylation sites (N-methyl/N-ethyl adjacent to an activating group) is 1. The Morgan fingerprint density at radius 1 is 1.43 bits per heavy atom. The first-order valence-corrected chi connectivity index (χ1v) is 7.06. The average Bonchev–Trinajstić information content (AvgIpc) is 2.81. The van der Waals surface area contributed by atoms with Crippen LogP contribution in [0.15, 0.2) is 18.2 Å². The topological polar surface area (TPSA) is 81.7 Å². The van der Waals surface area contributed by atoms with Gasteiger partial charge < -0.3 is 20.6 Å². The maximum Gasteiger partial charge on any atom is 0.335 e. The Balaban J connectivity index is 1.87. The number of carboxylic acid groups (broad SMARTS) is 1. The summed E-state index contributed by atoms with van der Waals surface area (Å²) in [5.41, 5.74) is 1.46. The molecular weight excluding hydrogens is 270 g/mol. The van der Waals surface area contributed by atoms with E-state index in [1.807, 2.05) is 0 Å². The van der Waals surface area contributed by atoms with E-state index in [1.165, 1.54) is 12.5 Å². The van der Waals surface area contributed by atoms with Gasteiger partial charge >= 0.3 is 12.0 Å². The van der Waals surface area contributed by atoms with Crippen LogP contribution in [0.3, 0.4) is 0 Å². The molecular formula is C15H21N3O3. The molecule has 1 fully saturated rings. The van der Waals surface area contributed by atoms with Gasteiger partial charge in [-0.3, -0.25) is 0 Å². The molecule has 1 aliphatic rings. The molecule has 2 rings (SSSR count). The number of aryl methyl sites for hydroxylation is 1. The van der Waals surface area contributed by atoms with Crippen molar-refractivity contribution in [2.45, 2.75) is 25.8 Å². The minimum absolute atomic E-state index is 0.244. The van der Waals surface area contributed by atoms with Gasteiger partial charge in [0.25, 0.3) is 0 Å². The van der Waals surface area contributed by atoms with Crippen molar-refractivity contribution in [3.05, 3.63) is 29.3 Å². The van der Waals surface area contributed by atoms with Gasteiger partial charge in [-0.2, -0.15) is 0 Å². The van der Waals surface area contributed by atoms with Gasteiger partial charge in [-0.25, -0.2) is 9.59 Å². The van der Waals surface area contributed by atoms with E-state index in [9.17, 15) is 9.59 Å². The number of urea groups is 1. The molecule has 1 aromatic carbocycles. The Morgan fingerprint density at radius 3 is 2.76 bits per heavy atom. The maximum atomic E-state index is 11.8. The fourth-order valence-electron chi connectivity index (χ4n) is 2.60. The van der Waals surface area contributed by atoms with Gasteiger partial charge in [0, 0.05) is 18.3 Å². The molecule has 1 heterocycles. The number of benzene rings is 1. The lowest BCUT2D eigenvalue weighted by Gasteiger charge is -2.19. The molecule has 0 aliphatic carbocycles. The van der Waals surface area contributed by atoms with Crippen LogP contribution in [-0.4, -0.2) is 48.2 Å². The smallest absolute Gasteiger partial charge is 0.335 e. The van der Waals surface area contributed by atoms with Crippen molar-refractivity contribution in [2.24, 2.45) is 0 Å². The zero-order valence-corrected chi connectivity index (χ0v) is 12.3. The van der Waals surface area contributed by atoms with E-state index in [2.05, 4.69) is 22.6 Å². The van der Waals surface area contributed by atoms with Crippen LogP contribution in [0, 0.1) is 6.92 Å². The van der Waals surface area contributed by atoms with Crippen molar-refractivity contribution in [2.75, 3.05) is 25.5 Å². The second kappa shape index (κ2) is 6.58. The molecule has 3 N–H and O–H groups in total. The number of likely N-dealkylation sites (tertiary alicyclic amines) is 1. The second-order valence-electron chi connectivity index (χ2n) is 5.45. The number of carbonyl (C=O) groups is 2. The standard InChI is InChI=1S/C15H21N3O3/c1-10-8-11(5-6-13(10)14(19)20)17-15(21)16-9-12-4-3-7-18(12)2/h5-6,8,12H,3-4,7,9H2,1-2H3,(H,19,20)(H2,16,17,21). The quantitative estimate of drug-likeness (QED) is 0.791. The number of rotatable bonds is 4. The zero-order chi connectivity index (χ0) is 15.4. The van der Waals surface area contributed by atoms with E-state index >= 15 is 0 Å². The lowest BCUT2D eigenvalue weighted by atomic mass is 10.1. The molecule has 0 bridgehead atoms. The van der Waals surface area contributed by atoms with E-state index in [1.54, 1.807) is 19.1 Å². The molecule has 1 aromatic rings. The summed E-state index contributed by atoms with van der Waals surface area (Å²) in [7, 11) is 2.06. The number of nitrogens with zero attached hydrogens (tertiary/aromatic N) is 1. The van der Waals surface area contributed by atoms with E-state index in [0.29, 0.717) is 23.8 Å². The molecule has 21 heavy (non-hydrogen) atoms. The molecule has 1 aliphatic heterocycles. The zero-order valence-electron chi connectivity index (χ0n) is 12.3. The summed E-state index contributed by atoms with van der Waals surface area (Å²) < 4.78 is 0. The number of amides is 2. The third-order valence-corrected chi connectivity index (χ3v) is 3.88. The number of carbonyl (C=O) groups excluding carboxylic acids is 1. The van der Waals surface area contributed by atoms with Crippen LogP contribution in [0.25, 0.3) is 0 Å². The monoisotopic (exact) mass is 291 g/mol. The summed E-state index contributed by atoms with van der Waals surface area (Å²) in [5.74, 6) is -0.965. The van der Waals surface area contributed by atoms with Crippen LogP contribution in [-0.2, 0) is 0 Å². The van der Waals surface area contributed by atoms with Crippen LogP contribution < -0.4 is 10.6 Å². The molecule has 6 heteroatoms. The highest BCUT2D eigenvalue weighted by atomic mass is 16.4. The lowest BCUT2D eigenvalue weighted by molar-refractivity contribution is 0.0696. The number of carboxylic acids is 1. The summed E-state index contributed by atoms with van der Waals surface area (Å²) in [6, 6.07) is 4.88. The Bertz CT molecular complexity index is 545. The average molecular weight is 291 g/mol. The molecule has 6 nitrogen and oxygen atoms in total. The predicted octanol–water partition coefficient (Wildman–Crippen LogP) is 1.91. The molecule has 2 amide bonds. The van der Waals surface area contributed by atoms with Crippen molar-refractivity contribution >= 4 is 17.7 Å². The Morgan fingerprint density at radius 2 is 2.19 bits per heavy atom. The van der Waals surface area contributed by atoms with Gasteiger partial charge in [0.05, 0.1) is 5.56 Å². The highest BCUT2D eigenvalue weighted by molar-refractivity contribution is 5.92. The van der Waals surface area contributed by atoms with Crippen LogP contribution in [0.4, 0.5) is 10.5 Å². The minimum atomic E-state index is -0.965. The van der Waals surface area contributed by atoms with E-state index in [0.717, 1.165) is 13.0 Å². The largest absolute Gasteiger partial charge is 0.478 e. The molecule has 1 atom stereocenters. The van der Waals surface area contributed by atoms with Gasteiger partial charge in [-0.15, -0.1) is 0 Å². The Labute approximate surface area is 124 Å². The summed E-state index contributed by atoms with van der Waals surface area (Å²) in [4.78, 5) is 25.0. The minimum Gasteiger partial charge on any atom is -0.478 e. The summed E-state index contributed by atoms with van der Waals surface area (Å²) in [5, 5.41) is 14.5. The number of anilines is 1. The fourth-order valence-corrected chi connectivity index (χ4v) is 2.60. The van der Waals surface area contributed by atoms with Crippen LogP contribution in [0.5, 0.6) is 0 Å². The summed E-state index contributed by atoms with van der Waals surface area (Å²) in [6.07, 6.45) is 2.27. The first-order chi connectivity index (χ1) is 9.97. The lowest BCUT2D eigenvalue weighted by Crippen LogP contribution is -2.40. The molecule has 114 valence electrons. The molecule has 1 saturated heterocycles. The van der Waals surface area contributed by atoms with Crippen LogP contribution in [0.1, 0.15) is 28.8 Å².